The molecule has 2 N–H and O–H groups in total. The first kappa shape index (κ1) is 32.9. The predicted molar refractivity (Wildman–Crippen MR) is 143 cm³/mol. The number of carbonyl (C=O) groups is 2. The normalized spacial score (nSPS) is 12.1. The highest BCUT2D eigenvalue weighted by Crippen LogP contribution is 2.13. The van der Waals surface area contributed by atoms with Crippen LogP contribution in [0.3, 0.4) is 0 Å². The van der Waals surface area contributed by atoms with E-state index in [4.69, 9.17) is 4.74 Å². The van der Waals surface area contributed by atoms with Crippen molar-refractivity contribution < 1.29 is 19.4 Å². The van der Waals surface area contributed by atoms with E-state index in [-0.39, 0.29) is 6.42 Å². The van der Waals surface area contributed by atoms with Crippen LogP contribution in [0.5, 0.6) is 0 Å². The molecule has 34 heavy (non-hydrogen) atoms. The van der Waals surface area contributed by atoms with Crippen molar-refractivity contribution in [2.75, 3.05) is 13.2 Å². The molecule has 0 fully saturated rings. The van der Waals surface area contributed by atoms with E-state index >= 15 is 0 Å². The maximum Gasteiger partial charge on any atom is 0.321 e. The Balaban J connectivity index is 3.55. The van der Waals surface area contributed by atoms with Crippen LogP contribution >= 0.6 is 0 Å². The highest BCUT2D eigenvalue weighted by Gasteiger charge is 2.21. The van der Waals surface area contributed by atoms with Crippen LogP contribution in [0.15, 0.2) is 0 Å². The number of carboxylic acid groups (broad SMARTS) is 1. The van der Waals surface area contributed by atoms with E-state index in [1.54, 1.807) is 0 Å². The van der Waals surface area contributed by atoms with Gasteiger partial charge < -0.3 is 15.2 Å². The molecule has 5 nitrogen and oxygen atoms in total. The number of carbonyl (C=O) groups excluding carboxylic acids is 1. The largest absolute Gasteiger partial charge is 0.480 e. The molecule has 0 bridgehead atoms. The average Bonchev–Trinajstić information content (AvgIpc) is 2.82. The van der Waals surface area contributed by atoms with Gasteiger partial charge in [-0.05, 0) is 19.4 Å². The Bertz CT molecular complexity index is 455. The molecule has 0 aromatic rings. The van der Waals surface area contributed by atoms with Crippen molar-refractivity contribution in [2.45, 2.75) is 161 Å². The second-order valence-corrected chi connectivity index (χ2v) is 9.99. The fourth-order valence-electron chi connectivity index (χ4n) is 4.31. The first-order valence-corrected chi connectivity index (χ1v) is 14.7. The predicted octanol–water partition coefficient (Wildman–Crippen LogP) is 8.19. The van der Waals surface area contributed by atoms with Crippen LogP contribution in [0, 0.1) is 0 Å². The molecule has 0 heterocycles. The van der Waals surface area contributed by atoms with Crippen molar-refractivity contribution in [1.29, 1.82) is 0 Å². The highest BCUT2D eigenvalue weighted by atomic mass is 16.5. The minimum atomic E-state index is -0.974. The number of esters is 1. The minimum absolute atomic E-state index is 0.0928. The van der Waals surface area contributed by atoms with Gasteiger partial charge in [0.15, 0.2) is 0 Å². The Hall–Kier alpha value is -1.10. The molecular weight excluding hydrogens is 426 g/mol. The number of unbranched alkanes of at least 4 members (excludes halogenated alkanes) is 19. The zero-order valence-electron chi connectivity index (χ0n) is 22.7. The third-order valence-electron chi connectivity index (χ3n) is 6.60. The van der Waals surface area contributed by atoms with Crippen LogP contribution in [0.25, 0.3) is 0 Å². The summed E-state index contributed by atoms with van der Waals surface area (Å²) in [5, 5.41) is 12.4. The quantitative estimate of drug-likeness (QED) is 0.0909. The lowest BCUT2D eigenvalue weighted by atomic mass is 10.0. The zero-order chi connectivity index (χ0) is 25.1. The van der Waals surface area contributed by atoms with Gasteiger partial charge >= 0.3 is 11.9 Å². The summed E-state index contributed by atoms with van der Waals surface area (Å²) >= 11 is 0. The van der Waals surface area contributed by atoms with E-state index in [0.717, 1.165) is 25.7 Å². The van der Waals surface area contributed by atoms with E-state index in [2.05, 4.69) is 19.2 Å². The van der Waals surface area contributed by atoms with Crippen LogP contribution in [-0.4, -0.2) is 36.2 Å². The summed E-state index contributed by atoms with van der Waals surface area (Å²) in [6, 6.07) is -0.844. The van der Waals surface area contributed by atoms with E-state index in [1.165, 1.54) is 109 Å². The summed E-state index contributed by atoms with van der Waals surface area (Å²) in [7, 11) is 0. The minimum Gasteiger partial charge on any atom is -0.480 e. The standard InChI is InChI=1S/C29H57NO4/c1-3-5-7-9-11-12-13-14-15-16-17-18-20-22-24-30-27(29(32)33)26-28(31)34-25-23-21-19-10-8-6-4-2/h27,30H,3-26H2,1-2H3,(H,32,33). The molecule has 0 aliphatic heterocycles. The summed E-state index contributed by atoms with van der Waals surface area (Å²) in [5.74, 6) is -1.38. The average molecular weight is 484 g/mol. The molecule has 202 valence electrons. The SMILES string of the molecule is CCCCCCCCCCCCCCCCNC(CC(=O)OCCCCCCCCC)C(=O)O. The number of hydrogen-bond acceptors (Lipinski definition) is 4. The summed E-state index contributed by atoms with van der Waals surface area (Å²) in [5.41, 5.74) is 0. The van der Waals surface area contributed by atoms with Crippen LogP contribution < -0.4 is 5.32 Å². The molecule has 5 heteroatoms. The maximum absolute atomic E-state index is 12.0. The van der Waals surface area contributed by atoms with Gasteiger partial charge in [-0.15, -0.1) is 0 Å². The molecule has 0 amide bonds. The highest BCUT2D eigenvalue weighted by molar-refractivity contribution is 5.81. The fourth-order valence-corrected chi connectivity index (χ4v) is 4.31. The summed E-state index contributed by atoms with van der Waals surface area (Å²) in [6.45, 7) is 5.51. The van der Waals surface area contributed by atoms with E-state index in [1.807, 2.05) is 0 Å². The second-order valence-electron chi connectivity index (χ2n) is 9.99. The molecule has 0 aliphatic carbocycles. The monoisotopic (exact) mass is 483 g/mol. The number of ether oxygens (including phenoxy) is 1. The van der Waals surface area contributed by atoms with Crippen molar-refractivity contribution >= 4 is 11.9 Å². The molecule has 1 unspecified atom stereocenters. The Morgan fingerprint density at radius 2 is 1.00 bits per heavy atom. The molecule has 0 rings (SSSR count). The number of rotatable bonds is 27. The maximum atomic E-state index is 12.0. The molecule has 0 spiro atoms. The lowest BCUT2D eigenvalue weighted by Gasteiger charge is -2.14. The second kappa shape index (κ2) is 26.5. The van der Waals surface area contributed by atoms with E-state index in [0.29, 0.717) is 13.2 Å². The topological polar surface area (TPSA) is 75.6 Å². The Morgan fingerprint density at radius 1 is 0.618 bits per heavy atom. The first-order valence-electron chi connectivity index (χ1n) is 14.7. The van der Waals surface area contributed by atoms with Gasteiger partial charge in [0, 0.05) is 0 Å². The van der Waals surface area contributed by atoms with Gasteiger partial charge in [-0.25, -0.2) is 0 Å². The van der Waals surface area contributed by atoms with Crippen molar-refractivity contribution in [3.8, 4) is 0 Å². The number of carboxylic acids is 1. The molecule has 0 aromatic heterocycles. The van der Waals surface area contributed by atoms with Crippen LogP contribution in [0.4, 0.5) is 0 Å². The van der Waals surface area contributed by atoms with Crippen LogP contribution in [0.1, 0.15) is 155 Å². The molecule has 0 saturated heterocycles. The van der Waals surface area contributed by atoms with Crippen molar-refractivity contribution in [3.05, 3.63) is 0 Å². The lowest BCUT2D eigenvalue weighted by molar-refractivity contribution is -0.149. The smallest absolute Gasteiger partial charge is 0.321 e. The molecule has 0 radical (unpaired) electrons. The van der Waals surface area contributed by atoms with Crippen LogP contribution in [0.2, 0.25) is 0 Å². The van der Waals surface area contributed by atoms with Gasteiger partial charge in [0.1, 0.15) is 6.04 Å². The van der Waals surface area contributed by atoms with Gasteiger partial charge in [-0.1, -0.05) is 136 Å². The Labute approximate surface area is 211 Å². The summed E-state index contributed by atoms with van der Waals surface area (Å²) < 4.78 is 5.24. The van der Waals surface area contributed by atoms with Gasteiger partial charge in [0.05, 0.1) is 13.0 Å². The van der Waals surface area contributed by atoms with Crippen LogP contribution in [-0.2, 0) is 14.3 Å². The third-order valence-corrected chi connectivity index (χ3v) is 6.60. The molecular formula is C29H57NO4. The Kier molecular flexibility index (Phi) is 25.6. The third kappa shape index (κ3) is 24.0. The van der Waals surface area contributed by atoms with Gasteiger partial charge in [-0.3, -0.25) is 9.59 Å². The van der Waals surface area contributed by atoms with Gasteiger partial charge in [0.2, 0.25) is 0 Å². The fraction of sp³-hybridized carbons (Fsp3) is 0.931. The molecule has 0 aliphatic rings. The summed E-state index contributed by atoms with van der Waals surface area (Å²) in [4.78, 5) is 23.4. The van der Waals surface area contributed by atoms with Gasteiger partial charge in [-0.2, -0.15) is 0 Å². The van der Waals surface area contributed by atoms with Crippen molar-refractivity contribution in [3.63, 3.8) is 0 Å². The zero-order valence-corrected chi connectivity index (χ0v) is 22.7. The number of hydrogen-bond donors (Lipinski definition) is 2. The molecule has 0 aromatic carbocycles. The van der Waals surface area contributed by atoms with Crippen molar-refractivity contribution in [2.24, 2.45) is 0 Å². The van der Waals surface area contributed by atoms with E-state index in [9.17, 15) is 14.7 Å². The lowest BCUT2D eigenvalue weighted by Crippen LogP contribution is -2.39. The van der Waals surface area contributed by atoms with Crippen molar-refractivity contribution in [1.82, 2.24) is 5.32 Å². The van der Waals surface area contributed by atoms with E-state index < -0.39 is 18.0 Å². The summed E-state index contributed by atoms with van der Waals surface area (Å²) in [6.07, 6.45) is 26.3. The first-order chi connectivity index (χ1) is 16.6. The Morgan fingerprint density at radius 3 is 1.41 bits per heavy atom. The number of nitrogens with one attached hydrogen (secondary N) is 1. The number of aliphatic carboxylic acids is 1. The molecule has 1 atom stereocenters. The van der Waals surface area contributed by atoms with Gasteiger partial charge in [0.25, 0.3) is 0 Å². The molecule has 0 saturated carbocycles.